The third kappa shape index (κ3) is 5.38. The van der Waals surface area contributed by atoms with Gasteiger partial charge in [-0.1, -0.05) is 13.8 Å². The van der Waals surface area contributed by atoms with Crippen LogP contribution in [0.4, 0.5) is 0 Å². The van der Waals surface area contributed by atoms with Gasteiger partial charge in [0.25, 0.3) is 0 Å². The van der Waals surface area contributed by atoms with E-state index in [-0.39, 0.29) is 12.8 Å². The predicted octanol–water partition coefficient (Wildman–Crippen LogP) is -2.26. The first kappa shape index (κ1) is 25.7. The zero-order valence-electron chi connectivity index (χ0n) is 15.5. The fourth-order valence-corrected chi connectivity index (χ4v) is 2.06. The highest BCUT2D eigenvalue weighted by atomic mass is 16.6. The number of rotatable bonds is 13. The number of aliphatic hydroxyl groups is 4. The van der Waals surface area contributed by atoms with Crippen LogP contribution in [0.5, 0.6) is 0 Å². The van der Waals surface area contributed by atoms with E-state index < -0.39 is 73.3 Å². The topological polar surface area (TPSA) is 208 Å². The molecule has 0 saturated carbocycles. The summed E-state index contributed by atoms with van der Waals surface area (Å²) < 4.78 is 9.29. The fraction of sp³-hybridized carbons (Fsp3) is 0.750. The van der Waals surface area contributed by atoms with Gasteiger partial charge in [0.1, 0.15) is 10.8 Å². The molecule has 0 fully saturated rings. The Morgan fingerprint density at radius 3 is 1.07 bits per heavy atom. The average Bonchev–Trinajstić information content (AvgIpc) is 2.67. The number of carbonyl (C=O) groups excluding carboxylic acids is 2. The van der Waals surface area contributed by atoms with Gasteiger partial charge in [-0.25, -0.2) is 9.59 Å². The second kappa shape index (κ2) is 10.9. The number of aliphatic carboxylic acids is 2. The maximum atomic E-state index is 12.2. The third-order valence-electron chi connectivity index (χ3n) is 4.66. The van der Waals surface area contributed by atoms with Crippen LogP contribution in [0, 0.1) is 10.8 Å². The van der Waals surface area contributed by atoms with E-state index in [2.05, 4.69) is 9.47 Å². The van der Waals surface area contributed by atoms with E-state index in [1.54, 1.807) is 0 Å². The van der Waals surface area contributed by atoms with Gasteiger partial charge in [0.15, 0.2) is 0 Å². The van der Waals surface area contributed by atoms with Gasteiger partial charge in [-0.3, -0.25) is 9.59 Å². The van der Waals surface area contributed by atoms with Crippen molar-refractivity contribution < 1.29 is 59.3 Å². The molecular weight excluding hydrogens is 384 g/mol. The molecule has 2 atom stereocenters. The van der Waals surface area contributed by atoms with E-state index in [1.165, 1.54) is 13.8 Å². The first-order valence-corrected chi connectivity index (χ1v) is 8.35. The molecule has 12 heteroatoms. The number of carboxylic acid groups (broad SMARTS) is 2. The summed E-state index contributed by atoms with van der Waals surface area (Å²) in [4.78, 5) is 47.4. The molecule has 162 valence electrons. The molecule has 0 radical (unpaired) electrons. The molecule has 0 aliphatic heterocycles. The van der Waals surface area contributed by atoms with E-state index in [1.807, 2.05) is 0 Å². The van der Waals surface area contributed by atoms with Crippen molar-refractivity contribution in [2.75, 3.05) is 26.4 Å². The molecule has 2 unspecified atom stereocenters. The van der Waals surface area contributed by atoms with Crippen LogP contribution in [0.2, 0.25) is 0 Å². The van der Waals surface area contributed by atoms with Crippen molar-refractivity contribution in [1.82, 2.24) is 0 Å². The van der Waals surface area contributed by atoms with E-state index >= 15 is 0 Å². The number of esters is 2. The summed E-state index contributed by atoms with van der Waals surface area (Å²) in [6, 6.07) is 0. The molecule has 0 bridgehead atoms. The zero-order valence-corrected chi connectivity index (χ0v) is 15.5. The maximum absolute atomic E-state index is 12.2. The van der Waals surface area contributed by atoms with Crippen LogP contribution in [-0.2, 0) is 28.7 Å². The maximum Gasteiger partial charge on any atom is 0.349 e. The summed E-state index contributed by atoms with van der Waals surface area (Å²) in [6.45, 7) is -0.826. The summed E-state index contributed by atoms with van der Waals surface area (Å²) in [5, 5.41) is 55.8. The quantitative estimate of drug-likeness (QED) is 0.178. The lowest BCUT2D eigenvalue weighted by Crippen LogP contribution is -2.51. The Morgan fingerprint density at radius 1 is 0.679 bits per heavy atom. The highest BCUT2D eigenvalue weighted by Gasteiger charge is 2.48. The van der Waals surface area contributed by atoms with Crippen LogP contribution in [0.1, 0.15) is 26.7 Å². The van der Waals surface area contributed by atoms with Crippen LogP contribution in [0.3, 0.4) is 0 Å². The number of ether oxygens (including phenoxy) is 2. The summed E-state index contributed by atoms with van der Waals surface area (Å²) >= 11 is 0. The van der Waals surface area contributed by atoms with Gasteiger partial charge in [0, 0.05) is 0 Å². The van der Waals surface area contributed by atoms with Crippen molar-refractivity contribution in [1.29, 1.82) is 0 Å². The first-order chi connectivity index (χ1) is 13.0. The van der Waals surface area contributed by atoms with Crippen LogP contribution in [0.25, 0.3) is 0 Å². The minimum absolute atomic E-state index is 0.156. The van der Waals surface area contributed by atoms with E-state index in [9.17, 15) is 49.8 Å². The highest BCUT2D eigenvalue weighted by molar-refractivity contribution is 5.89. The molecule has 0 saturated heterocycles. The number of carboxylic acids is 2. The van der Waals surface area contributed by atoms with Gasteiger partial charge in [-0.2, -0.15) is 0 Å². The van der Waals surface area contributed by atoms with E-state index in [4.69, 9.17) is 0 Å². The van der Waals surface area contributed by atoms with Crippen molar-refractivity contribution in [3.63, 3.8) is 0 Å². The average molecular weight is 410 g/mol. The third-order valence-corrected chi connectivity index (χ3v) is 4.66. The SMILES string of the molecule is CCC(CO)(CO)C(=O)OC(C(=O)O)C(OC(=O)C(CC)(CO)CO)C(=O)O. The van der Waals surface area contributed by atoms with Crippen LogP contribution >= 0.6 is 0 Å². The van der Waals surface area contributed by atoms with Gasteiger partial charge in [0.05, 0.1) is 26.4 Å². The van der Waals surface area contributed by atoms with Crippen LogP contribution < -0.4 is 0 Å². The minimum atomic E-state index is -2.51. The fourth-order valence-electron chi connectivity index (χ4n) is 2.06. The molecule has 12 nitrogen and oxygen atoms in total. The summed E-state index contributed by atoms with van der Waals surface area (Å²) in [5.74, 6) is -6.74. The Morgan fingerprint density at radius 2 is 0.929 bits per heavy atom. The van der Waals surface area contributed by atoms with Gasteiger partial charge < -0.3 is 40.1 Å². The Bertz CT molecular complexity index is 497. The zero-order chi connectivity index (χ0) is 22.1. The largest absolute Gasteiger partial charge is 0.478 e. The molecule has 28 heavy (non-hydrogen) atoms. The Labute approximate surface area is 160 Å². The monoisotopic (exact) mass is 410 g/mol. The highest BCUT2D eigenvalue weighted by Crippen LogP contribution is 2.26. The van der Waals surface area contributed by atoms with Crippen LogP contribution in [-0.4, -0.2) is 93.2 Å². The lowest BCUT2D eigenvalue weighted by Gasteiger charge is -2.31. The van der Waals surface area contributed by atoms with Crippen molar-refractivity contribution in [3.05, 3.63) is 0 Å². The second-order valence-corrected chi connectivity index (χ2v) is 6.23. The van der Waals surface area contributed by atoms with Crippen molar-refractivity contribution in [2.24, 2.45) is 10.8 Å². The summed E-state index contributed by atoms with van der Waals surface area (Å²) in [7, 11) is 0. The van der Waals surface area contributed by atoms with Gasteiger partial charge in [-0.05, 0) is 12.8 Å². The van der Waals surface area contributed by atoms with Crippen LogP contribution in [0.15, 0.2) is 0 Å². The second-order valence-electron chi connectivity index (χ2n) is 6.23. The lowest BCUT2D eigenvalue weighted by atomic mass is 9.87. The van der Waals surface area contributed by atoms with E-state index in [0.717, 1.165) is 0 Å². The normalized spacial score (nSPS) is 14.1. The molecule has 0 heterocycles. The molecule has 0 aliphatic carbocycles. The molecule has 0 spiro atoms. The molecule has 0 amide bonds. The first-order valence-electron chi connectivity index (χ1n) is 8.35. The molecule has 0 aliphatic rings. The molecule has 0 aromatic carbocycles. The molecular formula is C16H26O12. The molecule has 0 aromatic rings. The van der Waals surface area contributed by atoms with Gasteiger partial charge >= 0.3 is 23.9 Å². The van der Waals surface area contributed by atoms with Gasteiger partial charge in [-0.15, -0.1) is 0 Å². The number of hydrogen-bond donors (Lipinski definition) is 6. The number of hydrogen-bond acceptors (Lipinski definition) is 10. The summed E-state index contributed by atoms with van der Waals surface area (Å²) in [6.07, 6.45) is -5.33. The van der Waals surface area contributed by atoms with Crippen molar-refractivity contribution >= 4 is 23.9 Å². The Hall–Kier alpha value is -2.28. The predicted molar refractivity (Wildman–Crippen MR) is 88.8 cm³/mol. The van der Waals surface area contributed by atoms with Crippen molar-refractivity contribution in [3.8, 4) is 0 Å². The van der Waals surface area contributed by atoms with Gasteiger partial charge in [0.2, 0.25) is 12.2 Å². The minimum Gasteiger partial charge on any atom is -0.478 e. The Kier molecular flexibility index (Phi) is 10.0. The molecule has 0 rings (SSSR count). The standard InChI is InChI=1S/C16H26O12/c1-3-15(5-17,6-18)13(25)27-9(11(21)22)10(12(23)24)28-14(26)16(4-2,7-19)8-20/h9-10,17-20H,3-8H2,1-2H3,(H,21,22)(H,23,24). The summed E-state index contributed by atoms with van der Waals surface area (Å²) in [5.41, 5.74) is -3.77. The van der Waals surface area contributed by atoms with Crippen molar-refractivity contribution in [2.45, 2.75) is 38.9 Å². The smallest absolute Gasteiger partial charge is 0.349 e. The lowest BCUT2D eigenvalue weighted by molar-refractivity contribution is -0.199. The number of carbonyl (C=O) groups is 4. The van der Waals surface area contributed by atoms with E-state index in [0.29, 0.717) is 0 Å². The number of aliphatic hydroxyl groups excluding tert-OH is 4. The molecule has 0 aromatic heterocycles. The Balaban J connectivity index is 5.81. The molecule has 6 N–H and O–H groups in total.